The molecule has 1 aliphatic heterocycles. The molecule has 2 N–H and O–H groups in total. The van der Waals surface area contributed by atoms with Crippen LogP contribution in [0.5, 0.6) is 0 Å². The fraction of sp³-hybridized carbons (Fsp3) is 0.474. The predicted molar refractivity (Wildman–Crippen MR) is 112 cm³/mol. The van der Waals surface area contributed by atoms with Gasteiger partial charge in [0.2, 0.25) is 5.91 Å². The Labute approximate surface area is 167 Å². The zero-order chi connectivity index (χ0) is 16.8. The Morgan fingerprint density at radius 2 is 1.96 bits per heavy atom. The molecule has 1 amide bonds. The van der Waals surface area contributed by atoms with E-state index in [4.69, 9.17) is 0 Å². The number of guanidine groups is 1. The normalized spacial score (nSPS) is 17.0. The van der Waals surface area contributed by atoms with Crippen LogP contribution in [0.4, 0.5) is 0 Å². The molecule has 0 spiro atoms. The molecular formula is C19H27IN4O. The van der Waals surface area contributed by atoms with E-state index in [1.807, 2.05) is 17.9 Å². The van der Waals surface area contributed by atoms with Crippen molar-refractivity contribution < 1.29 is 4.79 Å². The first kappa shape index (κ1) is 19.8. The molecule has 0 aromatic heterocycles. The molecule has 1 heterocycles. The molecule has 1 aromatic carbocycles. The Morgan fingerprint density at radius 1 is 1.24 bits per heavy atom. The lowest BCUT2D eigenvalue weighted by Gasteiger charge is -2.28. The molecule has 0 fully saturated rings. The maximum absolute atomic E-state index is 12.5. The quantitative estimate of drug-likeness (QED) is 0.318. The van der Waals surface area contributed by atoms with Crippen LogP contribution in [0.25, 0.3) is 0 Å². The van der Waals surface area contributed by atoms with Crippen LogP contribution in [0.15, 0.2) is 41.4 Å². The van der Waals surface area contributed by atoms with Crippen molar-refractivity contribution in [3.8, 4) is 0 Å². The number of halogens is 1. The maximum atomic E-state index is 12.5. The van der Waals surface area contributed by atoms with Crippen LogP contribution in [0.3, 0.4) is 0 Å². The SMILES string of the molecule is CCNC(=NCC(=O)N1CCc2ccccc2C1)NC1CC=CC1.I. The van der Waals surface area contributed by atoms with E-state index in [1.165, 1.54) is 11.1 Å². The lowest BCUT2D eigenvalue weighted by Crippen LogP contribution is -2.43. The number of aliphatic imine (C=N–C) groups is 1. The molecule has 0 atom stereocenters. The average Bonchev–Trinajstić information content (AvgIpc) is 3.12. The van der Waals surface area contributed by atoms with Crippen molar-refractivity contribution in [2.75, 3.05) is 19.6 Å². The van der Waals surface area contributed by atoms with Gasteiger partial charge in [0.15, 0.2) is 5.96 Å². The molecule has 0 saturated heterocycles. The van der Waals surface area contributed by atoms with E-state index in [1.54, 1.807) is 0 Å². The van der Waals surface area contributed by atoms with Gasteiger partial charge in [-0.25, -0.2) is 4.99 Å². The van der Waals surface area contributed by atoms with Crippen molar-refractivity contribution in [1.29, 1.82) is 0 Å². The third-order valence-corrected chi connectivity index (χ3v) is 4.55. The van der Waals surface area contributed by atoms with Gasteiger partial charge in [-0.05, 0) is 37.3 Å². The molecule has 2 aliphatic rings. The molecule has 0 bridgehead atoms. The lowest BCUT2D eigenvalue weighted by atomic mass is 10.00. The van der Waals surface area contributed by atoms with Crippen LogP contribution >= 0.6 is 24.0 Å². The van der Waals surface area contributed by atoms with Crippen molar-refractivity contribution in [2.24, 2.45) is 4.99 Å². The minimum atomic E-state index is 0. The Kier molecular flexibility index (Phi) is 7.74. The highest BCUT2D eigenvalue weighted by Crippen LogP contribution is 2.18. The summed E-state index contributed by atoms with van der Waals surface area (Å²) in [6.07, 6.45) is 7.31. The Hall–Kier alpha value is -1.57. The third-order valence-electron chi connectivity index (χ3n) is 4.55. The highest BCUT2D eigenvalue weighted by atomic mass is 127. The number of nitrogens with one attached hydrogen (secondary N) is 2. The van der Waals surface area contributed by atoms with E-state index in [9.17, 15) is 4.79 Å². The summed E-state index contributed by atoms with van der Waals surface area (Å²) in [6, 6.07) is 8.75. The number of amides is 1. The summed E-state index contributed by atoms with van der Waals surface area (Å²) in [6.45, 7) is 4.49. The van der Waals surface area contributed by atoms with Gasteiger partial charge in [-0.3, -0.25) is 4.79 Å². The molecule has 6 heteroatoms. The highest BCUT2D eigenvalue weighted by Gasteiger charge is 2.20. The van der Waals surface area contributed by atoms with Gasteiger partial charge in [0.05, 0.1) is 0 Å². The lowest BCUT2D eigenvalue weighted by molar-refractivity contribution is -0.130. The van der Waals surface area contributed by atoms with Crippen LogP contribution in [-0.4, -0.2) is 42.4 Å². The van der Waals surface area contributed by atoms with Gasteiger partial charge >= 0.3 is 0 Å². The second-order valence-electron chi connectivity index (χ2n) is 6.31. The zero-order valence-electron chi connectivity index (χ0n) is 14.7. The van der Waals surface area contributed by atoms with Gasteiger partial charge in [0.1, 0.15) is 6.54 Å². The van der Waals surface area contributed by atoms with Crippen LogP contribution < -0.4 is 10.6 Å². The standard InChI is InChI=1S/C19H26N4O.HI/c1-2-20-19(22-17-9-5-6-10-17)21-13-18(24)23-12-11-15-7-3-4-8-16(15)14-23;/h3-8,17H,2,9-14H2,1H3,(H2,20,21,22);1H. The fourth-order valence-electron chi connectivity index (χ4n) is 3.20. The summed E-state index contributed by atoms with van der Waals surface area (Å²) in [5.74, 6) is 0.822. The smallest absolute Gasteiger partial charge is 0.244 e. The van der Waals surface area contributed by atoms with Crippen molar-refractivity contribution >= 4 is 35.8 Å². The number of benzene rings is 1. The monoisotopic (exact) mass is 454 g/mol. The van der Waals surface area contributed by atoms with Gasteiger partial charge in [-0.2, -0.15) is 0 Å². The average molecular weight is 454 g/mol. The van der Waals surface area contributed by atoms with E-state index in [0.717, 1.165) is 38.3 Å². The summed E-state index contributed by atoms with van der Waals surface area (Å²) in [7, 11) is 0. The minimum absolute atomic E-state index is 0. The van der Waals surface area contributed by atoms with Crippen molar-refractivity contribution in [1.82, 2.24) is 15.5 Å². The van der Waals surface area contributed by atoms with Crippen LogP contribution in [0, 0.1) is 0 Å². The van der Waals surface area contributed by atoms with Gasteiger partial charge in [-0.1, -0.05) is 36.4 Å². The third kappa shape index (κ3) is 5.45. The minimum Gasteiger partial charge on any atom is -0.357 e. The number of hydrogen-bond donors (Lipinski definition) is 2. The maximum Gasteiger partial charge on any atom is 0.244 e. The topological polar surface area (TPSA) is 56.7 Å². The number of fused-ring (bicyclic) bond motifs is 1. The van der Waals surface area contributed by atoms with Gasteiger partial charge < -0.3 is 15.5 Å². The Morgan fingerprint density at radius 3 is 2.68 bits per heavy atom. The predicted octanol–water partition coefficient (Wildman–Crippen LogP) is 2.46. The highest BCUT2D eigenvalue weighted by molar-refractivity contribution is 14.0. The summed E-state index contributed by atoms with van der Waals surface area (Å²) < 4.78 is 0. The summed E-state index contributed by atoms with van der Waals surface area (Å²) >= 11 is 0. The van der Waals surface area contributed by atoms with Crippen molar-refractivity contribution in [3.63, 3.8) is 0 Å². The molecule has 1 aromatic rings. The number of carbonyl (C=O) groups excluding carboxylic acids is 1. The summed E-state index contributed by atoms with van der Waals surface area (Å²) in [4.78, 5) is 18.9. The first-order chi connectivity index (χ1) is 11.8. The second-order valence-corrected chi connectivity index (χ2v) is 6.31. The van der Waals surface area contributed by atoms with Crippen molar-refractivity contribution in [3.05, 3.63) is 47.5 Å². The number of carbonyl (C=O) groups is 1. The number of hydrogen-bond acceptors (Lipinski definition) is 2. The molecule has 1 aliphatic carbocycles. The fourth-order valence-corrected chi connectivity index (χ4v) is 3.20. The van der Waals surface area contributed by atoms with Crippen LogP contribution in [-0.2, 0) is 17.8 Å². The van der Waals surface area contributed by atoms with Gasteiger partial charge in [-0.15, -0.1) is 24.0 Å². The van der Waals surface area contributed by atoms with E-state index in [0.29, 0.717) is 12.6 Å². The van der Waals surface area contributed by atoms with Crippen LogP contribution in [0.2, 0.25) is 0 Å². The molecule has 25 heavy (non-hydrogen) atoms. The molecule has 3 rings (SSSR count). The molecule has 5 nitrogen and oxygen atoms in total. The van der Waals surface area contributed by atoms with E-state index in [2.05, 4.69) is 46.0 Å². The molecule has 0 saturated carbocycles. The number of rotatable bonds is 4. The number of nitrogens with zero attached hydrogens (tertiary/aromatic N) is 2. The molecule has 0 radical (unpaired) electrons. The van der Waals surface area contributed by atoms with Crippen molar-refractivity contribution in [2.45, 2.75) is 38.8 Å². The van der Waals surface area contributed by atoms with Gasteiger partial charge in [0, 0.05) is 25.7 Å². The largest absolute Gasteiger partial charge is 0.357 e. The van der Waals surface area contributed by atoms with E-state index >= 15 is 0 Å². The Bertz CT molecular complexity index is 636. The zero-order valence-corrected chi connectivity index (χ0v) is 17.0. The van der Waals surface area contributed by atoms with E-state index < -0.39 is 0 Å². The molecule has 0 unspecified atom stereocenters. The Balaban J connectivity index is 0.00000225. The second kappa shape index (κ2) is 9.79. The summed E-state index contributed by atoms with van der Waals surface area (Å²) in [5.41, 5.74) is 2.61. The molecular weight excluding hydrogens is 427 g/mol. The molecule has 136 valence electrons. The first-order valence-corrected chi connectivity index (χ1v) is 8.80. The summed E-state index contributed by atoms with van der Waals surface area (Å²) in [5, 5.41) is 6.62. The van der Waals surface area contributed by atoms with E-state index in [-0.39, 0.29) is 36.4 Å². The van der Waals surface area contributed by atoms with Crippen LogP contribution in [0.1, 0.15) is 30.9 Å². The van der Waals surface area contributed by atoms with Gasteiger partial charge in [0.25, 0.3) is 0 Å². The first-order valence-electron chi connectivity index (χ1n) is 8.80.